The van der Waals surface area contributed by atoms with Gasteiger partial charge in [-0.2, -0.15) is 0 Å². The summed E-state index contributed by atoms with van der Waals surface area (Å²) < 4.78 is 0. The SMILES string of the molecule is CCCCCCCCCCCCCCCCCCC(CC)C(=O)C(CC)C(=O)O. The second kappa shape index (κ2) is 20.4. The molecule has 2 atom stereocenters. The second-order valence-electron chi connectivity index (χ2n) is 8.90. The van der Waals surface area contributed by atoms with E-state index in [1.165, 1.54) is 96.3 Å². The molecule has 0 aromatic heterocycles. The average Bonchev–Trinajstić information content (AvgIpc) is 2.70. The van der Waals surface area contributed by atoms with Gasteiger partial charge in [0.05, 0.1) is 0 Å². The maximum Gasteiger partial charge on any atom is 0.314 e. The highest BCUT2D eigenvalue weighted by atomic mass is 16.4. The Morgan fingerprint density at radius 3 is 1.28 bits per heavy atom. The number of hydrogen-bond acceptors (Lipinski definition) is 2. The van der Waals surface area contributed by atoms with E-state index in [4.69, 9.17) is 0 Å². The lowest BCUT2D eigenvalue weighted by molar-refractivity contribution is -0.147. The summed E-state index contributed by atoms with van der Waals surface area (Å²) in [6.45, 7) is 6.07. The summed E-state index contributed by atoms with van der Waals surface area (Å²) in [6.07, 6.45) is 23.6. The fourth-order valence-electron chi connectivity index (χ4n) is 4.27. The van der Waals surface area contributed by atoms with Gasteiger partial charge >= 0.3 is 5.97 Å². The lowest BCUT2D eigenvalue weighted by Crippen LogP contribution is -2.29. The molecule has 0 bridgehead atoms. The normalized spacial score (nSPS) is 13.3. The van der Waals surface area contributed by atoms with Crippen LogP contribution in [0.5, 0.6) is 0 Å². The minimum absolute atomic E-state index is 0.0524. The number of ketones is 1. The predicted octanol–water partition coefficient (Wildman–Crippen LogP) is 8.34. The highest BCUT2D eigenvalue weighted by molar-refractivity contribution is 5.99. The van der Waals surface area contributed by atoms with Gasteiger partial charge in [0.15, 0.2) is 0 Å². The number of rotatable bonds is 22. The Morgan fingerprint density at radius 1 is 0.586 bits per heavy atom. The molecule has 3 nitrogen and oxygen atoms in total. The fraction of sp³-hybridized carbons (Fsp3) is 0.923. The van der Waals surface area contributed by atoms with E-state index >= 15 is 0 Å². The van der Waals surface area contributed by atoms with Gasteiger partial charge in [-0.1, -0.05) is 124 Å². The molecule has 0 spiro atoms. The fourth-order valence-corrected chi connectivity index (χ4v) is 4.27. The van der Waals surface area contributed by atoms with Crippen LogP contribution in [-0.2, 0) is 9.59 Å². The Hall–Kier alpha value is -0.860. The van der Waals surface area contributed by atoms with Crippen LogP contribution in [0.1, 0.15) is 143 Å². The van der Waals surface area contributed by atoms with Crippen LogP contribution in [0.25, 0.3) is 0 Å². The molecule has 0 aliphatic heterocycles. The van der Waals surface area contributed by atoms with Gasteiger partial charge < -0.3 is 5.11 Å². The molecule has 0 rings (SSSR count). The van der Waals surface area contributed by atoms with E-state index in [1.54, 1.807) is 6.92 Å². The second-order valence-corrected chi connectivity index (χ2v) is 8.90. The van der Waals surface area contributed by atoms with Crippen LogP contribution in [0, 0.1) is 11.8 Å². The number of carboxylic acids is 1. The molecule has 0 aromatic carbocycles. The molecule has 3 heteroatoms. The molecule has 0 saturated carbocycles. The van der Waals surface area contributed by atoms with Gasteiger partial charge in [-0.25, -0.2) is 0 Å². The Bertz CT molecular complexity index is 391. The number of carboxylic acid groups (broad SMARTS) is 1. The topological polar surface area (TPSA) is 54.4 Å². The number of carbonyl (C=O) groups is 2. The van der Waals surface area contributed by atoms with Crippen molar-refractivity contribution in [1.82, 2.24) is 0 Å². The van der Waals surface area contributed by atoms with Crippen molar-refractivity contribution in [3.05, 3.63) is 0 Å². The van der Waals surface area contributed by atoms with Crippen molar-refractivity contribution < 1.29 is 14.7 Å². The third-order valence-electron chi connectivity index (χ3n) is 6.35. The maximum absolute atomic E-state index is 12.4. The Labute approximate surface area is 181 Å². The van der Waals surface area contributed by atoms with E-state index in [2.05, 4.69) is 6.92 Å². The first-order valence-electron chi connectivity index (χ1n) is 12.8. The van der Waals surface area contributed by atoms with Gasteiger partial charge in [-0.3, -0.25) is 9.59 Å². The van der Waals surface area contributed by atoms with Gasteiger partial charge in [0, 0.05) is 5.92 Å². The van der Waals surface area contributed by atoms with Crippen LogP contribution in [0.4, 0.5) is 0 Å². The monoisotopic (exact) mass is 410 g/mol. The maximum atomic E-state index is 12.4. The molecule has 29 heavy (non-hydrogen) atoms. The summed E-state index contributed by atoms with van der Waals surface area (Å²) in [5.41, 5.74) is 0. The van der Waals surface area contributed by atoms with Gasteiger partial charge in [-0.05, 0) is 19.3 Å². The van der Waals surface area contributed by atoms with Crippen LogP contribution in [-0.4, -0.2) is 16.9 Å². The van der Waals surface area contributed by atoms with E-state index in [9.17, 15) is 14.7 Å². The summed E-state index contributed by atoms with van der Waals surface area (Å²) in [6, 6.07) is 0. The van der Waals surface area contributed by atoms with E-state index in [-0.39, 0.29) is 11.7 Å². The largest absolute Gasteiger partial charge is 0.481 e. The molecule has 0 heterocycles. The van der Waals surface area contributed by atoms with Crippen molar-refractivity contribution >= 4 is 11.8 Å². The molecule has 0 aliphatic rings. The number of hydrogen-bond donors (Lipinski definition) is 1. The minimum Gasteiger partial charge on any atom is -0.481 e. The first-order chi connectivity index (χ1) is 14.1. The number of Topliss-reactive ketones (excluding diaryl/α,β-unsaturated/α-hetero) is 1. The zero-order valence-corrected chi connectivity index (χ0v) is 19.9. The molecule has 1 N–H and O–H groups in total. The van der Waals surface area contributed by atoms with E-state index in [0.29, 0.717) is 6.42 Å². The standard InChI is InChI=1S/C26H50O3/c1-4-7-8-9-10-11-12-13-14-15-16-17-18-19-20-21-22-23(5-2)25(27)24(6-3)26(28)29/h23-24H,4-22H2,1-3H3,(H,28,29). The summed E-state index contributed by atoms with van der Waals surface area (Å²) in [7, 11) is 0. The zero-order valence-electron chi connectivity index (χ0n) is 19.9. The van der Waals surface area contributed by atoms with Gasteiger partial charge in [0.25, 0.3) is 0 Å². The summed E-state index contributed by atoms with van der Waals surface area (Å²) in [5, 5.41) is 9.18. The molecule has 172 valence electrons. The first-order valence-corrected chi connectivity index (χ1v) is 12.8. The van der Waals surface area contributed by atoms with E-state index < -0.39 is 11.9 Å². The predicted molar refractivity (Wildman–Crippen MR) is 124 cm³/mol. The zero-order chi connectivity index (χ0) is 21.7. The molecular weight excluding hydrogens is 360 g/mol. The summed E-state index contributed by atoms with van der Waals surface area (Å²) in [5.74, 6) is -1.88. The quantitative estimate of drug-likeness (QED) is 0.144. The van der Waals surface area contributed by atoms with Crippen molar-refractivity contribution in [2.24, 2.45) is 11.8 Å². The lowest BCUT2D eigenvalue weighted by Gasteiger charge is -2.17. The molecule has 2 unspecified atom stereocenters. The Kier molecular flexibility index (Phi) is 19.8. The Balaban J connectivity index is 3.50. The molecule has 0 aliphatic carbocycles. The molecule has 0 aromatic rings. The number of unbranched alkanes of at least 4 members (excludes halogenated alkanes) is 15. The van der Waals surface area contributed by atoms with E-state index in [0.717, 1.165) is 19.3 Å². The highest BCUT2D eigenvalue weighted by Crippen LogP contribution is 2.21. The molecule has 0 amide bonds. The molecule has 0 fully saturated rings. The molecule has 0 radical (unpaired) electrons. The third-order valence-corrected chi connectivity index (χ3v) is 6.35. The molecular formula is C26H50O3. The third kappa shape index (κ3) is 15.6. The van der Waals surface area contributed by atoms with Crippen molar-refractivity contribution in [3.8, 4) is 0 Å². The Morgan fingerprint density at radius 2 is 0.966 bits per heavy atom. The van der Waals surface area contributed by atoms with Gasteiger partial charge in [-0.15, -0.1) is 0 Å². The lowest BCUT2D eigenvalue weighted by atomic mass is 9.85. The first kappa shape index (κ1) is 28.1. The van der Waals surface area contributed by atoms with Gasteiger partial charge in [0.1, 0.15) is 11.7 Å². The minimum atomic E-state index is -0.956. The summed E-state index contributed by atoms with van der Waals surface area (Å²) >= 11 is 0. The van der Waals surface area contributed by atoms with Crippen molar-refractivity contribution in [2.45, 2.75) is 143 Å². The van der Waals surface area contributed by atoms with Crippen LogP contribution in [0.15, 0.2) is 0 Å². The van der Waals surface area contributed by atoms with Crippen LogP contribution >= 0.6 is 0 Å². The smallest absolute Gasteiger partial charge is 0.314 e. The van der Waals surface area contributed by atoms with Crippen LogP contribution in [0.3, 0.4) is 0 Å². The number of carbonyl (C=O) groups excluding carboxylic acids is 1. The summed E-state index contributed by atoms with van der Waals surface area (Å²) in [4.78, 5) is 23.6. The van der Waals surface area contributed by atoms with Crippen molar-refractivity contribution in [3.63, 3.8) is 0 Å². The van der Waals surface area contributed by atoms with Crippen LogP contribution in [0.2, 0.25) is 0 Å². The van der Waals surface area contributed by atoms with Crippen molar-refractivity contribution in [2.75, 3.05) is 0 Å². The van der Waals surface area contributed by atoms with Crippen molar-refractivity contribution in [1.29, 1.82) is 0 Å². The van der Waals surface area contributed by atoms with E-state index in [1.807, 2.05) is 6.92 Å². The number of aliphatic carboxylic acids is 1. The van der Waals surface area contributed by atoms with Crippen LogP contribution < -0.4 is 0 Å². The van der Waals surface area contributed by atoms with Gasteiger partial charge in [0.2, 0.25) is 0 Å². The molecule has 0 saturated heterocycles. The highest BCUT2D eigenvalue weighted by Gasteiger charge is 2.29. The average molecular weight is 411 g/mol.